The maximum Gasteiger partial charge on any atom is 0.340 e. The van der Waals surface area contributed by atoms with Crippen LogP contribution in [0.1, 0.15) is 20.8 Å². The Morgan fingerprint density at radius 2 is 1.85 bits per heavy atom. The molecule has 6 heteroatoms. The fourth-order valence-corrected chi connectivity index (χ4v) is 1.37. The van der Waals surface area contributed by atoms with Crippen molar-refractivity contribution in [2.24, 2.45) is 0 Å². The highest BCUT2D eigenvalue weighted by Crippen LogP contribution is 2.32. The molecular weight excluding hydrogens is 176 g/mol. The van der Waals surface area contributed by atoms with E-state index in [-0.39, 0.29) is 0 Å². The molecule has 0 unspecified atom stereocenters. The standard InChI is InChI=1S/C7H14N2O4/c1-4-7(2,3)9(13)5(6(10)11)8(4)12/h4-5,12-13H,1-3H3,(H,10,11)/t4-,5+/m0/s1. The van der Waals surface area contributed by atoms with Gasteiger partial charge >= 0.3 is 5.97 Å². The van der Waals surface area contributed by atoms with Crippen molar-refractivity contribution >= 4 is 5.97 Å². The molecule has 1 aliphatic rings. The second kappa shape index (κ2) is 2.91. The van der Waals surface area contributed by atoms with E-state index in [1.54, 1.807) is 20.8 Å². The summed E-state index contributed by atoms with van der Waals surface area (Å²) in [6, 6.07) is -0.446. The number of carboxylic acids is 1. The maximum atomic E-state index is 10.7. The van der Waals surface area contributed by atoms with Crippen LogP contribution in [0.15, 0.2) is 0 Å². The molecule has 0 aromatic rings. The minimum absolute atomic E-state index is 0.446. The summed E-state index contributed by atoms with van der Waals surface area (Å²) < 4.78 is 0. The topological polar surface area (TPSA) is 84.2 Å². The Labute approximate surface area is 75.9 Å². The Bertz CT molecular complexity index is 231. The first-order valence-electron chi connectivity index (χ1n) is 3.98. The molecule has 0 aliphatic carbocycles. The van der Waals surface area contributed by atoms with Gasteiger partial charge in [0.05, 0.1) is 11.6 Å². The lowest BCUT2D eigenvalue weighted by Gasteiger charge is -2.28. The Morgan fingerprint density at radius 1 is 1.38 bits per heavy atom. The number of carboxylic acid groups (broad SMARTS) is 1. The molecule has 2 atom stereocenters. The number of nitrogens with zero attached hydrogens (tertiary/aromatic N) is 2. The van der Waals surface area contributed by atoms with Crippen LogP contribution in [0.3, 0.4) is 0 Å². The van der Waals surface area contributed by atoms with Gasteiger partial charge in [0.15, 0.2) is 0 Å². The van der Waals surface area contributed by atoms with Gasteiger partial charge in [0.2, 0.25) is 6.17 Å². The highest BCUT2D eigenvalue weighted by Gasteiger charge is 2.53. The van der Waals surface area contributed by atoms with Crippen molar-refractivity contribution in [2.75, 3.05) is 0 Å². The van der Waals surface area contributed by atoms with Gasteiger partial charge in [0.1, 0.15) is 0 Å². The smallest absolute Gasteiger partial charge is 0.340 e. The third-order valence-electron chi connectivity index (χ3n) is 2.71. The van der Waals surface area contributed by atoms with Crippen molar-refractivity contribution in [1.82, 2.24) is 10.1 Å². The Hall–Kier alpha value is -0.690. The first-order valence-corrected chi connectivity index (χ1v) is 3.98. The van der Waals surface area contributed by atoms with E-state index >= 15 is 0 Å². The van der Waals surface area contributed by atoms with E-state index in [0.29, 0.717) is 10.1 Å². The summed E-state index contributed by atoms with van der Waals surface area (Å²) in [5, 5.41) is 28.9. The molecule has 0 aromatic heterocycles. The van der Waals surface area contributed by atoms with Crippen LogP contribution in [-0.2, 0) is 4.79 Å². The van der Waals surface area contributed by atoms with Crippen LogP contribution in [0.25, 0.3) is 0 Å². The molecule has 13 heavy (non-hydrogen) atoms. The van der Waals surface area contributed by atoms with E-state index in [2.05, 4.69) is 0 Å². The van der Waals surface area contributed by atoms with E-state index in [1.165, 1.54) is 0 Å². The van der Waals surface area contributed by atoms with Gasteiger partial charge in [-0.1, -0.05) is 0 Å². The van der Waals surface area contributed by atoms with Gasteiger partial charge in [-0.2, -0.15) is 10.1 Å². The number of hydrogen-bond donors (Lipinski definition) is 3. The van der Waals surface area contributed by atoms with Crippen LogP contribution < -0.4 is 0 Å². The van der Waals surface area contributed by atoms with Crippen LogP contribution in [0.5, 0.6) is 0 Å². The largest absolute Gasteiger partial charge is 0.479 e. The predicted molar refractivity (Wildman–Crippen MR) is 42.2 cm³/mol. The zero-order valence-corrected chi connectivity index (χ0v) is 7.80. The van der Waals surface area contributed by atoms with Crippen LogP contribution in [0.2, 0.25) is 0 Å². The van der Waals surface area contributed by atoms with Gasteiger partial charge in [-0.15, -0.1) is 0 Å². The normalized spacial score (nSPS) is 35.2. The van der Waals surface area contributed by atoms with Crippen LogP contribution in [0, 0.1) is 0 Å². The number of aliphatic carboxylic acids is 1. The predicted octanol–water partition coefficient (Wildman–Crippen LogP) is -0.0398. The van der Waals surface area contributed by atoms with Crippen molar-refractivity contribution in [3.8, 4) is 0 Å². The SMILES string of the molecule is C[C@@H]1N(O)[C@@H](C(=O)O)N(O)C1(C)C. The van der Waals surface area contributed by atoms with Gasteiger partial charge < -0.3 is 15.5 Å². The van der Waals surface area contributed by atoms with Crippen molar-refractivity contribution in [3.05, 3.63) is 0 Å². The number of hydroxylamine groups is 4. The summed E-state index contributed by atoms with van der Waals surface area (Å²) in [5.74, 6) is -1.28. The molecule has 1 fully saturated rings. The third-order valence-corrected chi connectivity index (χ3v) is 2.71. The van der Waals surface area contributed by atoms with Crippen LogP contribution >= 0.6 is 0 Å². The number of rotatable bonds is 1. The fraction of sp³-hybridized carbons (Fsp3) is 0.857. The first-order chi connectivity index (χ1) is 5.80. The van der Waals surface area contributed by atoms with Crippen LogP contribution in [-0.4, -0.2) is 49.4 Å². The zero-order chi connectivity index (χ0) is 10.4. The molecule has 0 amide bonds. The lowest BCUT2D eigenvalue weighted by atomic mass is 9.98. The quantitative estimate of drug-likeness (QED) is 0.538. The van der Waals surface area contributed by atoms with E-state index in [1.807, 2.05) is 0 Å². The van der Waals surface area contributed by atoms with Gasteiger partial charge in [-0.25, -0.2) is 4.79 Å². The molecule has 0 bridgehead atoms. The molecule has 1 rings (SSSR count). The molecule has 1 saturated heterocycles. The zero-order valence-electron chi connectivity index (χ0n) is 7.80. The molecule has 0 radical (unpaired) electrons. The molecule has 1 aliphatic heterocycles. The first kappa shape index (κ1) is 10.4. The molecule has 76 valence electrons. The summed E-state index contributed by atoms with van der Waals surface area (Å²) in [4.78, 5) is 10.7. The summed E-state index contributed by atoms with van der Waals surface area (Å²) in [6.07, 6.45) is -1.38. The van der Waals surface area contributed by atoms with Gasteiger partial charge in [0.25, 0.3) is 0 Å². The average molecular weight is 190 g/mol. The van der Waals surface area contributed by atoms with E-state index in [9.17, 15) is 15.2 Å². The van der Waals surface area contributed by atoms with Gasteiger partial charge in [0, 0.05) is 0 Å². The lowest BCUT2D eigenvalue weighted by Crippen LogP contribution is -2.46. The molecule has 6 nitrogen and oxygen atoms in total. The van der Waals surface area contributed by atoms with Crippen molar-refractivity contribution in [2.45, 2.75) is 38.5 Å². The van der Waals surface area contributed by atoms with Crippen molar-refractivity contribution in [3.63, 3.8) is 0 Å². The maximum absolute atomic E-state index is 10.7. The minimum atomic E-state index is -1.38. The summed E-state index contributed by atoms with van der Waals surface area (Å²) in [6.45, 7) is 4.96. The molecular formula is C7H14N2O4. The highest BCUT2D eigenvalue weighted by atomic mass is 16.6. The fourth-order valence-electron chi connectivity index (χ4n) is 1.37. The highest BCUT2D eigenvalue weighted by molar-refractivity contribution is 5.73. The van der Waals surface area contributed by atoms with Gasteiger partial charge in [-0.05, 0) is 20.8 Å². The summed E-state index contributed by atoms with van der Waals surface area (Å²) in [5.41, 5.74) is -0.780. The van der Waals surface area contributed by atoms with Gasteiger partial charge in [-0.3, -0.25) is 0 Å². The average Bonchev–Trinajstić information content (AvgIpc) is 2.14. The van der Waals surface area contributed by atoms with E-state index in [4.69, 9.17) is 5.11 Å². The molecule has 3 N–H and O–H groups in total. The third kappa shape index (κ3) is 1.31. The molecule has 0 saturated carbocycles. The second-order valence-corrected chi connectivity index (χ2v) is 3.77. The second-order valence-electron chi connectivity index (χ2n) is 3.77. The monoisotopic (exact) mass is 190 g/mol. The molecule has 1 heterocycles. The minimum Gasteiger partial charge on any atom is -0.479 e. The number of hydrogen-bond acceptors (Lipinski definition) is 5. The molecule has 0 aromatic carbocycles. The van der Waals surface area contributed by atoms with E-state index in [0.717, 1.165) is 0 Å². The Kier molecular flexibility index (Phi) is 2.33. The molecule has 0 spiro atoms. The van der Waals surface area contributed by atoms with E-state index < -0.39 is 23.7 Å². The summed E-state index contributed by atoms with van der Waals surface area (Å²) in [7, 11) is 0. The van der Waals surface area contributed by atoms with Crippen LogP contribution in [0.4, 0.5) is 0 Å². The lowest BCUT2D eigenvalue weighted by molar-refractivity contribution is -0.223. The van der Waals surface area contributed by atoms with Crippen molar-refractivity contribution < 1.29 is 20.3 Å². The summed E-state index contributed by atoms with van der Waals surface area (Å²) >= 11 is 0. The Morgan fingerprint density at radius 3 is 2.00 bits per heavy atom. The van der Waals surface area contributed by atoms with Crippen molar-refractivity contribution in [1.29, 1.82) is 0 Å². The number of carbonyl (C=O) groups is 1. The Balaban J connectivity index is 2.98.